The molecule has 2 amide bonds. The van der Waals surface area contributed by atoms with Crippen molar-refractivity contribution < 1.29 is 20.1 Å². The first kappa shape index (κ1) is 21.9. The van der Waals surface area contributed by atoms with Crippen LogP contribution in [-0.4, -0.2) is 49.0 Å². The lowest BCUT2D eigenvalue weighted by Gasteiger charge is -2.14. The number of carbonyl (C=O) groups is 1. The number of nitrogens with zero attached hydrogens (tertiary/aromatic N) is 1. The summed E-state index contributed by atoms with van der Waals surface area (Å²) in [5.41, 5.74) is 1.16. The Morgan fingerprint density at radius 3 is 2.56 bits per heavy atom. The van der Waals surface area contributed by atoms with Crippen molar-refractivity contribution in [2.45, 2.75) is 6.10 Å². The van der Waals surface area contributed by atoms with Gasteiger partial charge in [-0.15, -0.1) is 0 Å². The molecule has 8 heteroatoms. The molecule has 27 heavy (non-hydrogen) atoms. The fraction of sp³-hybridized carbons (Fsp3) is 0.263. The van der Waals surface area contributed by atoms with E-state index in [9.17, 15) is 9.90 Å². The third kappa shape index (κ3) is 8.20. The van der Waals surface area contributed by atoms with Crippen molar-refractivity contribution in [1.29, 1.82) is 5.26 Å². The third-order valence-electron chi connectivity index (χ3n) is 3.44. The number of amides is 2. The highest BCUT2D eigenvalue weighted by molar-refractivity contribution is 5.89. The van der Waals surface area contributed by atoms with Crippen molar-refractivity contribution in [2.24, 2.45) is 0 Å². The summed E-state index contributed by atoms with van der Waals surface area (Å²) >= 11 is 0. The number of nitriles is 1. The van der Waals surface area contributed by atoms with E-state index in [2.05, 4.69) is 16.0 Å². The molecule has 0 spiro atoms. The molecule has 0 saturated heterocycles. The lowest BCUT2D eigenvalue weighted by Crippen LogP contribution is -2.38. The molecule has 2 rings (SSSR count). The highest BCUT2D eigenvalue weighted by Crippen LogP contribution is 2.16. The zero-order valence-corrected chi connectivity index (χ0v) is 14.8. The number of carbonyl (C=O) groups excluding carboxylic acids is 1. The van der Waals surface area contributed by atoms with Gasteiger partial charge in [-0.05, 0) is 24.3 Å². The number of hydrogen-bond acceptors (Lipinski definition) is 5. The number of benzene rings is 2. The summed E-state index contributed by atoms with van der Waals surface area (Å²) in [5, 5.41) is 27.4. The SMILES string of the molecule is N#Cc1ccccc1OCC(O)CNCCNC(=O)Nc1ccccc1.O. The maximum absolute atomic E-state index is 11.7. The Hall–Kier alpha value is -3.12. The summed E-state index contributed by atoms with van der Waals surface area (Å²) in [6.45, 7) is 1.32. The van der Waals surface area contributed by atoms with Crippen LogP contribution in [0, 0.1) is 11.3 Å². The first-order chi connectivity index (χ1) is 12.7. The maximum Gasteiger partial charge on any atom is 0.319 e. The van der Waals surface area contributed by atoms with Crippen molar-refractivity contribution >= 4 is 11.7 Å². The molecule has 0 radical (unpaired) electrons. The Morgan fingerprint density at radius 2 is 1.81 bits per heavy atom. The number of aliphatic hydroxyl groups excluding tert-OH is 1. The summed E-state index contributed by atoms with van der Waals surface area (Å²) < 4.78 is 5.46. The van der Waals surface area contributed by atoms with Crippen LogP contribution < -0.4 is 20.7 Å². The standard InChI is InChI=1S/C19H22N4O3.H2O/c20-12-15-6-4-5-9-18(15)26-14-17(24)13-21-10-11-22-19(25)23-16-7-2-1-3-8-16;/h1-9,17,21,24H,10-11,13-14H2,(H2,22,23,25);1H2. The average Bonchev–Trinajstić information content (AvgIpc) is 2.67. The number of para-hydroxylation sites is 2. The van der Waals surface area contributed by atoms with Crippen LogP contribution in [0.3, 0.4) is 0 Å². The molecule has 0 aliphatic rings. The van der Waals surface area contributed by atoms with E-state index in [1.54, 1.807) is 36.4 Å². The van der Waals surface area contributed by atoms with Crippen molar-refractivity contribution in [1.82, 2.24) is 10.6 Å². The molecule has 8 nitrogen and oxygen atoms in total. The van der Waals surface area contributed by atoms with E-state index >= 15 is 0 Å². The Labute approximate surface area is 158 Å². The second kappa shape index (κ2) is 12.3. The van der Waals surface area contributed by atoms with Gasteiger partial charge in [0.1, 0.15) is 24.5 Å². The van der Waals surface area contributed by atoms with Crippen molar-refractivity contribution in [3.8, 4) is 11.8 Å². The minimum absolute atomic E-state index is 0. The van der Waals surface area contributed by atoms with Crippen LogP contribution in [0.25, 0.3) is 0 Å². The van der Waals surface area contributed by atoms with Crippen LogP contribution in [0.2, 0.25) is 0 Å². The van der Waals surface area contributed by atoms with Gasteiger partial charge in [-0.25, -0.2) is 4.79 Å². The van der Waals surface area contributed by atoms with E-state index in [1.807, 2.05) is 24.3 Å². The Balaban J connectivity index is 0.00000364. The molecule has 0 aromatic heterocycles. The number of ether oxygens (including phenoxy) is 1. The molecule has 0 bridgehead atoms. The molecular weight excluding hydrogens is 348 g/mol. The van der Waals surface area contributed by atoms with Gasteiger partial charge in [0, 0.05) is 25.3 Å². The van der Waals surface area contributed by atoms with Crippen LogP contribution in [0.4, 0.5) is 10.5 Å². The van der Waals surface area contributed by atoms with E-state index in [-0.39, 0.29) is 18.1 Å². The molecule has 0 aliphatic carbocycles. The van der Waals surface area contributed by atoms with E-state index in [0.717, 1.165) is 5.69 Å². The molecule has 2 aromatic carbocycles. The molecule has 0 aliphatic heterocycles. The molecule has 0 heterocycles. The maximum atomic E-state index is 11.7. The lowest BCUT2D eigenvalue weighted by atomic mass is 10.2. The molecule has 2 aromatic rings. The summed E-state index contributed by atoms with van der Waals surface area (Å²) in [4.78, 5) is 11.7. The smallest absolute Gasteiger partial charge is 0.319 e. The minimum Gasteiger partial charge on any atom is -0.489 e. The monoisotopic (exact) mass is 372 g/mol. The van der Waals surface area contributed by atoms with E-state index < -0.39 is 6.10 Å². The van der Waals surface area contributed by atoms with Crippen LogP contribution in [0.15, 0.2) is 54.6 Å². The molecule has 1 atom stereocenters. The highest BCUT2D eigenvalue weighted by Gasteiger charge is 2.07. The van der Waals surface area contributed by atoms with Crippen LogP contribution in [0.1, 0.15) is 5.56 Å². The Morgan fingerprint density at radius 1 is 1.11 bits per heavy atom. The van der Waals surface area contributed by atoms with E-state index in [4.69, 9.17) is 10.00 Å². The molecule has 144 valence electrons. The highest BCUT2D eigenvalue weighted by atomic mass is 16.5. The average molecular weight is 372 g/mol. The lowest BCUT2D eigenvalue weighted by molar-refractivity contribution is 0.106. The number of aliphatic hydroxyl groups is 1. The van der Waals surface area contributed by atoms with Gasteiger partial charge in [0.15, 0.2) is 0 Å². The predicted octanol–water partition coefficient (Wildman–Crippen LogP) is 0.885. The van der Waals surface area contributed by atoms with Crippen molar-refractivity contribution in [3.63, 3.8) is 0 Å². The van der Waals surface area contributed by atoms with Gasteiger partial charge in [0.25, 0.3) is 0 Å². The molecule has 0 saturated carbocycles. The summed E-state index contributed by atoms with van der Waals surface area (Å²) in [6.07, 6.45) is -0.722. The Kier molecular flexibility index (Phi) is 9.96. The number of nitrogens with one attached hydrogen (secondary N) is 3. The van der Waals surface area contributed by atoms with Gasteiger partial charge in [-0.1, -0.05) is 30.3 Å². The normalized spacial score (nSPS) is 10.8. The van der Waals surface area contributed by atoms with E-state index in [1.165, 1.54) is 0 Å². The van der Waals surface area contributed by atoms with Crippen molar-refractivity contribution in [2.75, 3.05) is 31.6 Å². The Bertz CT molecular complexity index is 734. The number of anilines is 1. The zero-order valence-electron chi connectivity index (χ0n) is 14.8. The molecule has 1 unspecified atom stereocenters. The van der Waals surface area contributed by atoms with Gasteiger partial charge in [0.2, 0.25) is 0 Å². The third-order valence-corrected chi connectivity index (χ3v) is 3.44. The summed E-state index contributed by atoms with van der Waals surface area (Å²) in [5.74, 6) is 0.452. The van der Waals surface area contributed by atoms with Gasteiger partial charge >= 0.3 is 6.03 Å². The fourth-order valence-electron chi connectivity index (χ4n) is 2.16. The van der Waals surface area contributed by atoms with Gasteiger partial charge < -0.3 is 31.3 Å². The van der Waals surface area contributed by atoms with Gasteiger partial charge in [-0.3, -0.25) is 0 Å². The summed E-state index contributed by atoms with van der Waals surface area (Å²) in [6, 6.07) is 17.8. The van der Waals surface area contributed by atoms with Crippen LogP contribution >= 0.6 is 0 Å². The first-order valence-electron chi connectivity index (χ1n) is 8.29. The molecule has 6 N–H and O–H groups in total. The van der Waals surface area contributed by atoms with Crippen LogP contribution in [-0.2, 0) is 0 Å². The largest absolute Gasteiger partial charge is 0.489 e. The number of urea groups is 1. The van der Waals surface area contributed by atoms with E-state index in [0.29, 0.717) is 30.9 Å². The van der Waals surface area contributed by atoms with Gasteiger partial charge in [0.05, 0.1) is 5.56 Å². The quantitative estimate of drug-likeness (QED) is 0.484. The second-order valence-corrected chi connectivity index (χ2v) is 5.52. The number of rotatable bonds is 9. The molecular formula is C19H24N4O4. The van der Waals surface area contributed by atoms with Crippen molar-refractivity contribution in [3.05, 3.63) is 60.2 Å². The van der Waals surface area contributed by atoms with Gasteiger partial charge in [-0.2, -0.15) is 5.26 Å². The summed E-state index contributed by atoms with van der Waals surface area (Å²) in [7, 11) is 0. The first-order valence-corrected chi connectivity index (χ1v) is 8.29. The topological polar surface area (TPSA) is 138 Å². The predicted molar refractivity (Wildman–Crippen MR) is 103 cm³/mol. The molecule has 0 fully saturated rings. The minimum atomic E-state index is -0.722. The fourth-order valence-corrected chi connectivity index (χ4v) is 2.16. The second-order valence-electron chi connectivity index (χ2n) is 5.52. The number of hydrogen-bond donors (Lipinski definition) is 4. The van der Waals surface area contributed by atoms with Crippen LogP contribution in [0.5, 0.6) is 5.75 Å². The zero-order chi connectivity index (χ0) is 18.6.